The van der Waals surface area contributed by atoms with Crippen molar-refractivity contribution in [2.75, 3.05) is 32.1 Å². The molecule has 0 aromatic carbocycles. The van der Waals surface area contributed by atoms with Gasteiger partial charge in [-0.1, -0.05) is 0 Å². The first-order chi connectivity index (χ1) is 7.72. The first kappa shape index (κ1) is 13.8. The Hall–Kier alpha value is -0.260. The van der Waals surface area contributed by atoms with Crippen molar-refractivity contribution in [3.63, 3.8) is 0 Å². The molecule has 0 radical (unpaired) electrons. The third-order valence-corrected chi connectivity index (χ3v) is 3.52. The van der Waals surface area contributed by atoms with Gasteiger partial charge in [-0.3, -0.25) is 4.79 Å². The molecule has 1 fully saturated rings. The topological polar surface area (TPSA) is 58.6 Å². The molecule has 0 unspecified atom stereocenters. The van der Waals surface area contributed by atoms with E-state index in [-0.39, 0.29) is 17.9 Å². The Kier molecular flexibility index (Phi) is 6.16. The quantitative estimate of drug-likeness (QED) is 0.413. The average Bonchev–Trinajstić information content (AvgIpc) is 3.04. The Morgan fingerprint density at radius 3 is 2.75 bits per heavy atom. The van der Waals surface area contributed by atoms with Crippen LogP contribution in [0.1, 0.15) is 25.7 Å². The lowest BCUT2D eigenvalue weighted by atomic mass is 10.1. The van der Waals surface area contributed by atoms with Gasteiger partial charge < -0.3 is 15.2 Å². The number of nitrogens with one attached hydrogen (secondary N) is 1. The summed E-state index contributed by atoms with van der Waals surface area (Å²) in [6.45, 7) is 1.65. The molecule has 1 amide bonds. The van der Waals surface area contributed by atoms with E-state index < -0.39 is 0 Å². The molecule has 0 spiro atoms. The molecule has 1 aliphatic rings. The summed E-state index contributed by atoms with van der Waals surface area (Å²) in [5, 5.41) is 11.3. The number of aliphatic hydroxyl groups is 1. The first-order valence-corrected chi connectivity index (χ1v) is 6.42. The maximum Gasteiger partial charge on any atom is 0.220 e. The predicted molar refractivity (Wildman–Crippen MR) is 65.7 cm³/mol. The standard InChI is InChI=1S/C11H21NO3S/c13-5-7-15-6-1-4-12-10(14)8-11(9-16)2-3-11/h13,16H,1-9H2,(H,12,14). The Balaban J connectivity index is 1.94. The average molecular weight is 247 g/mol. The smallest absolute Gasteiger partial charge is 0.220 e. The van der Waals surface area contributed by atoms with Gasteiger partial charge in [-0.25, -0.2) is 0 Å². The lowest BCUT2D eigenvalue weighted by molar-refractivity contribution is -0.122. The van der Waals surface area contributed by atoms with Gasteiger partial charge >= 0.3 is 0 Å². The lowest BCUT2D eigenvalue weighted by Gasteiger charge is -2.11. The maximum absolute atomic E-state index is 11.5. The van der Waals surface area contributed by atoms with E-state index >= 15 is 0 Å². The highest BCUT2D eigenvalue weighted by atomic mass is 32.1. The van der Waals surface area contributed by atoms with E-state index in [2.05, 4.69) is 17.9 Å². The fourth-order valence-corrected chi connectivity index (χ4v) is 1.97. The van der Waals surface area contributed by atoms with Crippen LogP contribution in [0.3, 0.4) is 0 Å². The van der Waals surface area contributed by atoms with E-state index in [0.29, 0.717) is 26.2 Å². The number of ether oxygens (including phenoxy) is 1. The third kappa shape index (κ3) is 5.18. The summed E-state index contributed by atoms with van der Waals surface area (Å²) < 4.78 is 5.09. The van der Waals surface area contributed by atoms with Crippen molar-refractivity contribution >= 4 is 18.5 Å². The summed E-state index contributed by atoms with van der Waals surface area (Å²) in [5.41, 5.74) is 0.195. The Morgan fingerprint density at radius 1 is 1.44 bits per heavy atom. The van der Waals surface area contributed by atoms with E-state index in [9.17, 15) is 4.79 Å². The summed E-state index contributed by atoms with van der Waals surface area (Å²) in [7, 11) is 0. The molecule has 94 valence electrons. The van der Waals surface area contributed by atoms with E-state index in [1.165, 1.54) is 0 Å². The second-order valence-corrected chi connectivity index (χ2v) is 4.69. The van der Waals surface area contributed by atoms with E-state index in [0.717, 1.165) is 25.0 Å². The Bertz CT molecular complexity index is 219. The van der Waals surface area contributed by atoms with E-state index in [1.807, 2.05) is 0 Å². The van der Waals surface area contributed by atoms with Gasteiger partial charge in [0.2, 0.25) is 5.91 Å². The van der Waals surface area contributed by atoms with Crippen LogP contribution in [0.25, 0.3) is 0 Å². The van der Waals surface area contributed by atoms with E-state index in [4.69, 9.17) is 9.84 Å². The minimum Gasteiger partial charge on any atom is -0.394 e. The summed E-state index contributed by atoms with van der Waals surface area (Å²) in [5.74, 6) is 0.925. The van der Waals surface area contributed by atoms with E-state index in [1.54, 1.807) is 0 Å². The van der Waals surface area contributed by atoms with Crippen molar-refractivity contribution in [3.8, 4) is 0 Å². The molecule has 0 saturated heterocycles. The van der Waals surface area contributed by atoms with Crippen molar-refractivity contribution in [1.29, 1.82) is 0 Å². The highest BCUT2D eigenvalue weighted by Crippen LogP contribution is 2.49. The van der Waals surface area contributed by atoms with Gasteiger partial charge in [0.1, 0.15) is 0 Å². The molecule has 0 aromatic rings. The van der Waals surface area contributed by atoms with Gasteiger partial charge in [0.25, 0.3) is 0 Å². The molecule has 1 saturated carbocycles. The number of hydrogen-bond donors (Lipinski definition) is 3. The lowest BCUT2D eigenvalue weighted by Crippen LogP contribution is -2.28. The number of aliphatic hydroxyl groups excluding tert-OH is 1. The molecule has 16 heavy (non-hydrogen) atoms. The minimum absolute atomic E-state index is 0.0524. The maximum atomic E-state index is 11.5. The van der Waals surface area contributed by atoms with Crippen LogP contribution in [0, 0.1) is 5.41 Å². The summed E-state index contributed by atoms with van der Waals surface area (Å²) >= 11 is 4.26. The molecular formula is C11H21NO3S. The van der Waals surface area contributed by atoms with Crippen molar-refractivity contribution in [2.45, 2.75) is 25.7 Å². The number of hydrogen-bond acceptors (Lipinski definition) is 4. The monoisotopic (exact) mass is 247 g/mol. The van der Waals surface area contributed by atoms with Crippen molar-refractivity contribution < 1.29 is 14.6 Å². The second kappa shape index (κ2) is 7.14. The molecule has 0 bridgehead atoms. The highest BCUT2D eigenvalue weighted by molar-refractivity contribution is 7.80. The Morgan fingerprint density at radius 2 is 2.19 bits per heavy atom. The molecule has 0 atom stereocenters. The van der Waals surface area contributed by atoms with Gasteiger partial charge in [-0.15, -0.1) is 0 Å². The van der Waals surface area contributed by atoms with Gasteiger partial charge in [0, 0.05) is 19.6 Å². The van der Waals surface area contributed by atoms with Crippen LogP contribution in [-0.4, -0.2) is 43.1 Å². The zero-order valence-corrected chi connectivity index (χ0v) is 10.5. The fraction of sp³-hybridized carbons (Fsp3) is 0.909. The number of amides is 1. The molecule has 0 aromatic heterocycles. The zero-order chi connectivity index (χ0) is 11.9. The first-order valence-electron chi connectivity index (χ1n) is 5.79. The van der Waals surface area contributed by atoms with Gasteiger partial charge in [0.15, 0.2) is 0 Å². The Labute approximate surface area is 102 Å². The van der Waals surface area contributed by atoms with Gasteiger partial charge in [0.05, 0.1) is 13.2 Å². The summed E-state index contributed by atoms with van der Waals surface area (Å²) in [6.07, 6.45) is 3.65. The number of thiol groups is 1. The largest absolute Gasteiger partial charge is 0.394 e. The van der Waals surface area contributed by atoms with Gasteiger partial charge in [-0.2, -0.15) is 12.6 Å². The fourth-order valence-electron chi connectivity index (χ4n) is 1.54. The molecule has 0 heterocycles. The van der Waals surface area contributed by atoms with Gasteiger partial charge in [-0.05, 0) is 30.4 Å². The predicted octanol–water partition coefficient (Wildman–Crippen LogP) is 0.602. The van der Waals surface area contributed by atoms with Crippen LogP contribution in [0.4, 0.5) is 0 Å². The molecule has 5 heteroatoms. The van der Waals surface area contributed by atoms with Crippen molar-refractivity contribution in [1.82, 2.24) is 5.32 Å². The number of carbonyl (C=O) groups excluding carboxylic acids is 1. The third-order valence-electron chi connectivity index (χ3n) is 2.85. The van der Waals surface area contributed by atoms with Crippen LogP contribution in [-0.2, 0) is 9.53 Å². The number of carbonyl (C=O) groups is 1. The van der Waals surface area contributed by atoms with Crippen molar-refractivity contribution in [2.24, 2.45) is 5.41 Å². The molecule has 4 nitrogen and oxygen atoms in total. The SMILES string of the molecule is O=C(CC1(CS)CC1)NCCCOCCO. The highest BCUT2D eigenvalue weighted by Gasteiger charge is 2.42. The van der Waals surface area contributed by atoms with Crippen LogP contribution in [0.5, 0.6) is 0 Å². The second-order valence-electron chi connectivity index (χ2n) is 4.37. The normalized spacial score (nSPS) is 17.1. The van der Waals surface area contributed by atoms with Crippen LogP contribution in [0.2, 0.25) is 0 Å². The van der Waals surface area contributed by atoms with Crippen LogP contribution < -0.4 is 5.32 Å². The number of rotatable bonds is 9. The molecular weight excluding hydrogens is 226 g/mol. The zero-order valence-electron chi connectivity index (χ0n) is 9.57. The van der Waals surface area contributed by atoms with Crippen molar-refractivity contribution in [3.05, 3.63) is 0 Å². The van der Waals surface area contributed by atoms with Crippen LogP contribution in [0.15, 0.2) is 0 Å². The molecule has 2 N–H and O–H groups in total. The van der Waals surface area contributed by atoms with Crippen LogP contribution >= 0.6 is 12.6 Å². The summed E-state index contributed by atoms with van der Waals surface area (Å²) in [4.78, 5) is 11.5. The molecule has 1 rings (SSSR count). The summed E-state index contributed by atoms with van der Waals surface area (Å²) in [6, 6.07) is 0. The molecule has 0 aliphatic heterocycles. The minimum atomic E-state index is 0.0524. The molecule has 1 aliphatic carbocycles.